The summed E-state index contributed by atoms with van der Waals surface area (Å²) in [5.74, 6) is 0.714. The maximum atomic E-state index is 3.34. The summed E-state index contributed by atoms with van der Waals surface area (Å²) in [5.41, 5.74) is 1.51. The molecule has 2 rings (SSSR count). The van der Waals surface area contributed by atoms with Gasteiger partial charge in [-0.3, -0.25) is 4.98 Å². The molecular formula is C36H63N2+. The van der Waals surface area contributed by atoms with Crippen molar-refractivity contribution < 1.29 is 4.57 Å². The van der Waals surface area contributed by atoms with Crippen molar-refractivity contribution >= 4 is 0 Å². The molecule has 0 radical (unpaired) electrons. The van der Waals surface area contributed by atoms with E-state index in [9.17, 15) is 0 Å². The summed E-state index contributed by atoms with van der Waals surface area (Å²) in [4.78, 5) is 3.34. The molecule has 0 bridgehead atoms. The molecule has 0 fully saturated rings. The Hall–Kier alpha value is -1.57. The molecule has 2 aromatic rings. The lowest BCUT2D eigenvalue weighted by Crippen LogP contribution is -2.42. The van der Waals surface area contributed by atoms with Crippen LogP contribution < -0.4 is 4.57 Å². The van der Waals surface area contributed by atoms with Gasteiger partial charge in [-0.05, 0) is 31.2 Å². The molecule has 2 atom stereocenters. The summed E-state index contributed by atoms with van der Waals surface area (Å²) < 4.78 is 2.50. The van der Waals surface area contributed by atoms with Gasteiger partial charge >= 0.3 is 0 Å². The number of unbranched alkanes of at least 4 members (excludes halogenated alkanes) is 18. The maximum absolute atomic E-state index is 3.34. The van der Waals surface area contributed by atoms with Gasteiger partial charge in [-0.1, -0.05) is 166 Å². The molecule has 0 aliphatic rings. The minimum Gasteiger partial charge on any atom is -0.250 e. The molecular weight excluding hydrogens is 460 g/mol. The highest BCUT2D eigenvalue weighted by Crippen LogP contribution is 2.29. The number of H-pyrrole nitrogens is 1. The zero-order chi connectivity index (χ0) is 26.9. The van der Waals surface area contributed by atoms with Crippen molar-refractivity contribution in [3.05, 3.63) is 54.6 Å². The van der Waals surface area contributed by atoms with Crippen LogP contribution in [-0.4, -0.2) is 4.98 Å². The average Bonchev–Trinajstić information content (AvgIpc) is 3.48. The zero-order valence-electron chi connectivity index (χ0n) is 25.5. The Bertz CT molecular complexity index is 723. The minimum atomic E-state index is 0.606. The quantitative estimate of drug-likeness (QED) is 0.0934. The standard InChI is InChI=1S/C36H62N2/c1-3-5-7-9-11-13-14-15-16-17-19-24-28-35(32-34-26-22-21-23-27-34)36(38-31-30-37-33-38)29-25-20-18-12-10-8-6-4-2/h21-23,26-27,30-31,33,35-36H,3-20,24-25,28-29,32H2,1-2H3/p+1. The van der Waals surface area contributed by atoms with Crippen molar-refractivity contribution in [3.63, 3.8) is 0 Å². The van der Waals surface area contributed by atoms with E-state index >= 15 is 0 Å². The van der Waals surface area contributed by atoms with Crippen LogP contribution in [0.5, 0.6) is 0 Å². The van der Waals surface area contributed by atoms with Gasteiger partial charge in [-0.25, -0.2) is 4.57 Å². The molecule has 0 amide bonds. The lowest BCUT2D eigenvalue weighted by Gasteiger charge is -2.25. The second-order valence-corrected chi connectivity index (χ2v) is 12.0. The molecule has 1 aromatic carbocycles. The number of rotatable bonds is 26. The number of nitrogens with one attached hydrogen (secondary N) is 1. The van der Waals surface area contributed by atoms with Gasteiger partial charge in [0.1, 0.15) is 18.4 Å². The number of hydrogen-bond acceptors (Lipinski definition) is 0. The average molecular weight is 524 g/mol. The highest BCUT2D eigenvalue weighted by Gasteiger charge is 2.26. The lowest BCUT2D eigenvalue weighted by atomic mass is 9.84. The van der Waals surface area contributed by atoms with E-state index in [0.29, 0.717) is 12.0 Å². The van der Waals surface area contributed by atoms with Crippen LogP contribution in [0.3, 0.4) is 0 Å². The van der Waals surface area contributed by atoms with Crippen molar-refractivity contribution in [3.8, 4) is 0 Å². The van der Waals surface area contributed by atoms with Gasteiger partial charge in [0.2, 0.25) is 6.33 Å². The van der Waals surface area contributed by atoms with Crippen LogP contribution in [0.1, 0.15) is 167 Å². The molecule has 0 saturated carbocycles. The predicted molar refractivity (Wildman–Crippen MR) is 167 cm³/mol. The summed E-state index contributed by atoms with van der Waals surface area (Å²) in [6.45, 7) is 4.61. The fourth-order valence-electron chi connectivity index (χ4n) is 6.22. The largest absolute Gasteiger partial charge is 0.250 e. The van der Waals surface area contributed by atoms with Crippen LogP contribution in [0, 0.1) is 5.92 Å². The molecule has 216 valence electrons. The Morgan fingerprint density at radius 1 is 0.579 bits per heavy atom. The van der Waals surface area contributed by atoms with Crippen LogP contribution in [0.15, 0.2) is 49.1 Å². The summed E-state index contributed by atoms with van der Waals surface area (Å²) in [7, 11) is 0. The Morgan fingerprint density at radius 2 is 1.05 bits per heavy atom. The highest BCUT2D eigenvalue weighted by molar-refractivity contribution is 5.15. The summed E-state index contributed by atoms with van der Waals surface area (Å²) in [6, 6.07) is 11.9. The van der Waals surface area contributed by atoms with Gasteiger partial charge in [0.05, 0.1) is 0 Å². The van der Waals surface area contributed by atoms with E-state index < -0.39 is 0 Å². The van der Waals surface area contributed by atoms with Gasteiger partial charge in [-0.15, -0.1) is 0 Å². The number of aromatic amines is 1. The SMILES string of the molecule is CCCCCCCCCCCCCCC(Cc1ccccc1)C(CCCCCCCCCC)[n+]1cc[nH]c1. The summed E-state index contributed by atoms with van der Waals surface area (Å²) >= 11 is 0. The molecule has 2 unspecified atom stereocenters. The molecule has 2 heteroatoms. The number of benzene rings is 1. The number of imidazole rings is 1. The summed E-state index contributed by atoms with van der Waals surface area (Å²) in [5, 5.41) is 0. The normalized spacial score (nSPS) is 13.1. The first kappa shape index (κ1) is 32.6. The second kappa shape index (κ2) is 23.3. The Balaban J connectivity index is 1.77. The van der Waals surface area contributed by atoms with E-state index in [1.165, 1.54) is 153 Å². The molecule has 2 nitrogen and oxygen atoms in total. The van der Waals surface area contributed by atoms with Crippen LogP contribution in [-0.2, 0) is 6.42 Å². The fraction of sp³-hybridized carbons (Fsp3) is 0.750. The zero-order valence-corrected chi connectivity index (χ0v) is 25.5. The van der Waals surface area contributed by atoms with E-state index in [1.54, 1.807) is 0 Å². The van der Waals surface area contributed by atoms with Gasteiger partial charge < -0.3 is 0 Å². The minimum absolute atomic E-state index is 0.606. The third-order valence-electron chi connectivity index (χ3n) is 8.62. The van der Waals surface area contributed by atoms with Crippen LogP contribution in [0.25, 0.3) is 0 Å². The number of nitrogens with zero attached hydrogens (tertiary/aromatic N) is 1. The van der Waals surface area contributed by atoms with Crippen molar-refractivity contribution in [1.82, 2.24) is 4.98 Å². The van der Waals surface area contributed by atoms with E-state index in [2.05, 4.69) is 72.5 Å². The first-order valence-corrected chi connectivity index (χ1v) is 16.9. The van der Waals surface area contributed by atoms with Gasteiger partial charge in [0, 0.05) is 5.92 Å². The Kier molecular flexibility index (Phi) is 20.0. The second-order valence-electron chi connectivity index (χ2n) is 12.0. The Morgan fingerprint density at radius 3 is 1.53 bits per heavy atom. The van der Waals surface area contributed by atoms with Crippen molar-refractivity contribution in [2.24, 2.45) is 5.92 Å². The summed E-state index contributed by atoms with van der Waals surface area (Å²) in [6.07, 6.45) is 38.8. The molecule has 0 saturated heterocycles. The van der Waals surface area contributed by atoms with Gasteiger partial charge in [-0.2, -0.15) is 0 Å². The number of hydrogen-bond donors (Lipinski definition) is 1. The van der Waals surface area contributed by atoms with E-state index in [1.807, 2.05) is 0 Å². The first-order chi connectivity index (χ1) is 18.8. The monoisotopic (exact) mass is 523 g/mol. The molecule has 1 N–H and O–H groups in total. The van der Waals surface area contributed by atoms with Crippen LogP contribution in [0.4, 0.5) is 0 Å². The van der Waals surface area contributed by atoms with Crippen molar-refractivity contribution in [2.75, 3.05) is 0 Å². The molecule has 1 heterocycles. The third kappa shape index (κ3) is 15.7. The van der Waals surface area contributed by atoms with E-state index in [0.717, 1.165) is 0 Å². The van der Waals surface area contributed by atoms with Gasteiger partial charge in [0.15, 0.2) is 0 Å². The van der Waals surface area contributed by atoms with Gasteiger partial charge in [0.25, 0.3) is 0 Å². The van der Waals surface area contributed by atoms with Crippen LogP contribution >= 0.6 is 0 Å². The van der Waals surface area contributed by atoms with E-state index in [4.69, 9.17) is 0 Å². The van der Waals surface area contributed by atoms with Crippen LogP contribution in [0.2, 0.25) is 0 Å². The fourth-order valence-corrected chi connectivity index (χ4v) is 6.22. The number of aromatic nitrogens is 2. The topological polar surface area (TPSA) is 19.7 Å². The first-order valence-electron chi connectivity index (χ1n) is 16.9. The Labute approximate surface area is 237 Å². The predicted octanol–water partition coefficient (Wildman–Crippen LogP) is 11.3. The van der Waals surface area contributed by atoms with Crippen molar-refractivity contribution in [1.29, 1.82) is 0 Å². The molecule has 0 spiro atoms. The molecule has 0 aliphatic heterocycles. The highest BCUT2D eigenvalue weighted by atomic mass is 15.1. The molecule has 1 aromatic heterocycles. The lowest BCUT2D eigenvalue weighted by molar-refractivity contribution is -0.730. The third-order valence-corrected chi connectivity index (χ3v) is 8.62. The van der Waals surface area contributed by atoms with E-state index in [-0.39, 0.29) is 0 Å². The smallest absolute Gasteiger partial charge is 0.241 e. The van der Waals surface area contributed by atoms with Crippen molar-refractivity contribution in [2.45, 2.75) is 168 Å². The molecule has 38 heavy (non-hydrogen) atoms. The molecule has 0 aliphatic carbocycles. The maximum Gasteiger partial charge on any atom is 0.241 e.